The minimum Gasteiger partial charge on any atom is -0.494 e. The van der Waals surface area contributed by atoms with Crippen molar-refractivity contribution >= 4 is 41.6 Å². The van der Waals surface area contributed by atoms with Crippen LogP contribution in [0.1, 0.15) is 10.4 Å². The average molecular weight is 287 g/mol. The highest BCUT2D eigenvalue weighted by molar-refractivity contribution is 7.73. The molecule has 0 atom stereocenters. The molecule has 1 aromatic carbocycles. The van der Waals surface area contributed by atoms with Gasteiger partial charge < -0.3 is 10.1 Å². The molecule has 4 nitrogen and oxygen atoms in total. The minimum atomic E-state index is 0.0789. The molecule has 2 heterocycles. The maximum Gasteiger partial charge on any atom is 0.207 e. The molecule has 0 saturated carbocycles. The third kappa shape index (κ3) is 2.40. The molecule has 1 aromatic heterocycles. The quantitative estimate of drug-likeness (QED) is 0.832. The van der Waals surface area contributed by atoms with E-state index in [0.29, 0.717) is 8.83 Å². The van der Waals surface area contributed by atoms with Crippen molar-refractivity contribution < 1.29 is 5.11 Å². The van der Waals surface area contributed by atoms with Gasteiger partial charge in [0.15, 0.2) is 3.95 Å². The fraction of sp³-hybridized carbons (Fsp3) is 0. The van der Waals surface area contributed by atoms with Crippen molar-refractivity contribution in [3.05, 3.63) is 50.3 Å². The predicted molar refractivity (Wildman–Crippen MR) is 80.6 cm³/mol. The SMILES string of the molecule is Oc1[nH]c(=S)sc1/C=C1\C=NN=C1c1ccccc1. The molecule has 0 bridgehead atoms. The van der Waals surface area contributed by atoms with Gasteiger partial charge in [0.25, 0.3) is 0 Å². The maximum atomic E-state index is 9.71. The van der Waals surface area contributed by atoms with Crippen molar-refractivity contribution in [2.75, 3.05) is 0 Å². The lowest BCUT2D eigenvalue weighted by Crippen LogP contribution is -2.01. The lowest BCUT2D eigenvalue weighted by atomic mass is 10.0. The summed E-state index contributed by atoms with van der Waals surface area (Å²) in [4.78, 5) is 3.37. The fourth-order valence-electron chi connectivity index (χ4n) is 1.76. The summed E-state index contributed by atoms with van der Waals surface area (Å²) in [5, 5.41) is 17.8. The van der Waals surface area contributed by atoms with E-state index in [1.54, 1.807) is 6.21 Å². The van der Waals surface area contributed by atoms with Gasteiger partial charge in [-0.3, -0.25) is 0 Å². The van der Waals surface area contributed by atoms with Crippen molar-refractivity contribution in [3.63, 3.8) is 0 Å². The van der Waals surface area contributed by atoms with Crippen LogP contribution in [-0.2, 0) is 0 Å². The van der Waals surface area contributed by atoms with Crippen molar-refractivity contribution in [3.8, 4) is 5.88 Å². The standard InChI is InChI=1S/C13H9N3OS2/c17-12-10(19-13(18)15-12)6-9-7-14-16-11(9)8-4-2-1-3-5-8/h1-7,17H,(H,15,18)/b9-6+. The van der Waals surface area contributed by atoms with Crippen molar-refractivity contribution in [2.24, 2.45) is 10.2 Å². The number of aromatic amines is 1. The summed E-state index contributed by atoms with van der Waals surface area (Å²) in [6.07, 6.45) is 3.50. The van der Waals surface area contributed by atoms with E-state index in [-0.39, 0.29) is 5.88 Å². The van der Waals surface area contributed by atoms with Gasteiger partial charge in [0.1, 0.15) is 5.71 Å². The summed E-state index contributed by atoms with van der Waals surface area (Å²) >= 11 is 6.31. The number of hydrogen-bond donors (Lipinski definition) is 2. The van der Waals surface area contributed by atoms with Gasteiger partial charge in [-0.2, -0.15) is 5.10 Å². The largest absolute Gasteiger partial charge is 0.494 e. The van der Waals surface area contributed by atoms with E-state index < -0.39 is 0 Å². The van der Waals surface area contributed by atoms with Crippen LogP contribution in [0, 0.1) is 3.95 Å². The Morgan fingerprint density at radius 1 is 1.26 bits per heavy atom. The van der Waals surface area contributed by atoms with Gasteiger partial charge in [0, 0.05) is 11.1 Å². The number of benzene rings is 1. The molecule has 0 spiro atoms. The van der Waals surface area contributed by atoms with Crippen molar-refractivity contribution in [1.29, 1.82) is 0 Å². The molecule has 0 unspecified atom stereocenters. The molecule has 0 fully saturated rings. The topological polar surface area (TPSA) is 60.7 Å². The first-order valence-corrected chi connectivity index (χ1v) is 6.77. The van der Waals surface area contributed by atoms with Crippen LogP contribution in [0.15, 0.2) is 46.1 Å². The second-order valence-corrected chi connectivity index (χ2v) is 5.61. The Morgan fingerprint density at radius 3 is 2.74 bits per heavy atom. The summed E-state index contributed by atoms with van der Waals surface area (Å²) in [7, 11) is 0. The zero-order chi connectivity index (χ0) is 13.2. The van der Waals surface area contributed by atoms with Gasteiger partial charge in [0.05, 0.1) is 11.1 Å². The summed E-state index contributed by atoms with van der Waals surface area (Å²) in [6.45, 7) is 0. The van der Waals surface area contributed by atoms with E-state index in [2.05, 4.69) is 15.2 Å². The van der Waals surface area contributed by atoms with Gasteiger partial charge in [-0.25, -0.2) is 0 Å². The molecule has 94 valence electrons. The molecule has 2 aromatic rings. The molecule has 6 heteroatoms. The van der Waals surface area contributed by atoms with Crippen LogP contribution < -0.4 is 0 Å². The number of rotatable bonds is 2. The molecule has 1 aliphatic heterocycles. The minimum absolute atomic E-state index is 0.0789. The van der Waals surface area contributed by atoms with Gasteiger partial charge >= 0.3 is 0 Å². The molecule has 0 amide bonds. The Labute approximate surface area is 118 Å². The highest BCUT2D eigenvalue weighted by Crippen LogP contribution is 2.26. The summed E-state index contributed by atoms with van der Waals surface area (Å²) < 4.78 is 0.539. The van der Waals surface area contributed by atoms with Gasteiger partial charge in [-0.1, -0.05) is 30.3 Å². The molecule has 1 aliphatic rings. The van der Waals surface area contributed by atoms with E-state index in [9.17, 15) is 5.11 Å². The molecular weight excluding hydrogens is 278 g/mol. The molecule has 0 aliphatic carbocycles. The van der Waals surface area contributed by atoms with E-state index >= 15 is 0 Å². The zero-order valence-electron chi connectivity index (χ0n) is 9.70. The molecule has 0 saturated heterocycles. The first kappa shape index (κ1) is 12.0. The second-order valence-electron chi connectivity index (χ2n) is 3.89. The van der Waals surface area contributed by atoms with Crippen LogP contribution in [0.4, 0.5) is 0 Å². The smallest absolute Gasteiger partial charge is 0.207 e. The van der Waals surface area contributed by atoms with Crippen LogP contribution >= 0.6 is 23.6 Å². The number of aromatic nitrogens is 1. The van der Waals surface area contributed by atoms with Crippen LogP contribution in [0.5, 0.6) is 5.88 Å². The normalized spacial score (nSPS) is 16.0. The number of allylic oxidation sites excluding steroid dienone is 1. The number of thiazole rings is 1. The summed E-state index contributed by atoms with van der Waals surface area (Å²) in [5.41, 5.74) is 2.64. The van der Waals surface area contributed by atoms with Crippen LogP contribution in [0.25, 0.3) is 6.08 Å². The maximum absolute atomic E-state index is 9.71. The Kier molecular flexibility index (Phi) is 3.10. The fourth-order valence-corrected chi connectivity index (χ4v) is 2.81. The van der Waals surface area contributed by atoms with Crippen LogP contribution in [-0.4, -0.2) is 22.0 Å². The van der Waals surface area contributed by atoms with Gasteiger partial charge in [-0.05, 0) is 18.3 Å². The first-order valence-electron chi connectivity index (χ1n) is 5.54. The Hall–Kier alpha value is -2.05. The number of nitrogens with zero attached hydrogens (tertiary/aromatic N) is 2. The van der Waals surface area contributed by atoms with Gasteiger partial charge in [-0.15, -0.1) is 16.4 Å². The lowest BCUT2D eigenvalue weighted by molar-refractivity contribution is 0.456. The molecule has 19 heavy (non-hydrogen) atoms. The van der Waals surface area contributed by atoms with Crippen LogP contribution in [0.2, 0.25) is 0 Å². The number of H-pyrrole nitrogens is 1. The Balaban J connectivity index is 2.02. The number of nitrogens with one attached hydrogen (secondary N) is 1. The highest BCUT2D eigenvalue weighted by atomic mass is 32.1. The first-order chi connectivity index (χ1) is 9.24. The Morgan fingerprint density at radius 2 is 2.05 bits per heavy atom. The number of aromatic hydroxyl groups is 1. The average Bonchev–Trinajstić information content (AvgIpc) is 2.98. The van der Waals surface area contributed by atoms with E-state index in [0.717, 1.165) is 16.8 Å². The lowest BCUT2D eigenvalue weighted by Gasteiger charge is -2.01. The molecule has 3 rings (SSSR count). The zero-order valence-corrected chi connectivity index (χ0v) is 11.3. The van der Waals surface area contributed by atoms with Crippen molar-refractivity contribution in [2.45, 2.75) is 0 Å². The van der Waals surface area contributed by atoms with Crippen molar-refractivity contribution in [1.82, 2.24) is 4.98 Å². The Bertz CT molecular complexity index is 754. The molecular formula is C13H9N3OS2. The van der Waals surface area contributed by atoms with E-state index in [4.69, 9.17) is 12.2 Å². The predicted octanol–water partition coefficient (Wildman–Crippen LogP) is 3.38. The van der Waals surface area contributed by atoms with Crippen LogP contribution in [0.3, 0.4) is 0 Å². The third-order valence-corrected chi connectivity index (χ3v) is 3.79. The second kappa shape index (κ2) is 4.91. The van der Waals surface area contributed by atoms with E-state index in [1.165, 1.54) is 11.3 Å². The summed E-state index contributed by atoms with van der Waals surface area (Å²) in [5.74, 6) is 0.0789. The monoisotopic (exact) mass is 287 g/mol. The third-order valence-electron chi connectivity index (χ3n) is 2.62. The number of hydrogen-bond acceptors (Lipinski definition) is 5. The highest BCUT2D eigenvalue weighted by Gasteiger charge is 2.14. The molecule has 2 N–H and O–H groups in total. The van der Waals surface area contributed by atoms with Gasteiger partial charge in [0.2, 0.25) is 5.88 Å². The van der Waals surface area contributed by atoms with E-state index in [1.807, 2.05) is 36.4 Å². The molecule has 0 radical (unpaired) electrons. The summed E-state index contributed by atoms with van der Waals surface area (Å²) in [6, 6.07) is 9.80.